The molecule has 0 radical (unpaired) electrons. The van der Waals surface area contributed by atoms with Gasteiger partial charge in [0.25, 0.3) is 21.8 Å². The van der Waals surface area contributed by atoms with Gasteiger partial charge in [0.1, 0.15) is 16.3 Å². The van der Waals surface area contributed by atoms with E-state index in [0.717, 1.165) is 6.07 Å². The second-order valence-electron chi connectivity index (χ2n) is 4.75. The molecule has 0 saturated heterocycles. The first-order valence-electron chi connectivity index (χ1n) is 6.22. The number of primary amides is 1. The van der Waals surface area contributed by atoms with Crippen LogP contribution in [0.2, 0.25) is 0 Å². The van der Waals surface area contributed by atoms with Crippen molar-refractivity contribution >= 4 is 37.8 Å². The van der Waals surface area contributed by atoms with Crippen LogP contribution in [0.4, 0.5) is 0 Å². The van der Waals surface area contributed by atoms with Gasteiger partial charge in [0.15, 0.2) is 0 Å². The lowest BCUT2D eigenvalue weighted by Crippen LogP contribution is -2.42. The Morgan fingerprint density at radius 3 is 2.22 bits per heavy atom. The molecule has 4 N–H and O–H groups in total. The largest absolute Gasteiger partial charge is 0.364 e. The van der Waals surface area contributed by atoms with Crippen molar-refractivity contribution in [1.82, 2.24) is 19.4 Å². The second kappa shape index (κ2) is 6.18. The maximum absolute atomic E-state index is 12.1. The molecule has 11 heteroatoms. The number of carbonyl (C=O) groups is 2. The normalized spacial score (nSPS) is 11.4. The van der Waals surface area contributed by atoms with E-state index in [2.05, 4.69) is 21.4 Å². The average molecular weight is 404 g/mol. The van der Waals surface area contributed by atoms with E-state index < -0.39 is 21.8 Å². The summed E-state index contributed by atoms with van der Waals surface area (Å²) in [6, 6.07) is 2.66. The third kappa shape index (κ3) is 3.63. The smallest absolute Gasteiger partial charge is 0.282 e. The summed E-state index contributed by atoms with van der Waals surface area (Å²) in [4.78, 5) is 24.9. The van der Waals surface area contributed by atoms with Crippen LogP contribution >= 0.6 is 15.9 Å². The molecular formula is C12H14BrN5O4S. The van der Waals surface area contributed by atoms with Crippen molar-refractivity contribution in [1.29, 1.82) is 0 Å². The van der Waals surface area contributed by atoms with Gasteiger partial charge in [0.05, 0.1) is 0 Å². The van der Waals surface area contributed by atoms with Crippen LogP contribution in [-0.4, -0.2) is 29.4 Å². The monoisotopic (exact) mass is 403 g/mol. The zero-order valence-electron chi connectivity index (χ0n) is 12.2. The molecule has 0 spiro atoms. The average Bonchev–Trinajstić information content (AvgIpc) is 2.99. The zero-order chi connectivity index (χ0) is 17.4. The van der Waals surface area contributed by atoms with E-state index in [9.17, 15) is 18.0 Å². The quantitative estimate of drug-likeness (QED) is 0.599. The molecule has 124 valence electrons. The van der Waals surface area contributed by atoms with Gasteiger partial charge in [-0.05, 0) is 28.1 Å². The van der Waals surface area contributed by atoms with Crippen LogP contribution in [0.1, 0.15) is 21.0 Å². The Labute approximate surface area is 140 Å². The van der Waals surface area contributed by atoms with Crippen molar-refractivity contribution in [3.8, 4) is 0 Å². The van der Waals surface area contributed by atoms with Gasteiger partial charge in [-0.15, -0.1) is 4.83 Å². The van der Waals surface area contributed by atoms with E-state index in [-0.39, 0.29) is 16.3 Å². The molecule has 9 nitrogen and oxygen atoms in total. The highest BCUT2D eigenvalue weighted by Crippen LogP contribution is 2.14. The molecule has 0 bridgehead atoms. The lowest BCUT2D eigenvalue weighted by atomic mass is 10.4. The summed E-state index contributed by atoms with van der Waals surface area (Å²) < 4.78 is 27.8. The van der Waals surface area contributed by atoms with Gasteiger partial charge in [0, 0.05) is 31.0 Å². The third-order valence-corrected chi connectivity index (χ3v) is 4.69. The Balaban J connectivity index is 2.16. The second-order valence-corrected chi connectivity index (χ2v) is 7.35. The van der Waals surface area contributed by atoms with E-state index in [1.54, 1.807) is 13.2 Å². The fourth-order valence-corrected chi connectivity index (χ4v) is 3.35. The number of nitrogens with zero attached hydrogens (tertiary/aromatic N) is 2. The number of aryl methyl sites for hydroxylation is 2. The Hall–Kier alpha value is -2.11. The van der Waals surface area contributed by atoms with Crippen LogP contribution < -0.4 is 16.0 Å². The molecule has 0 unspecified atom stereocenters. The summed E-state index contributed by atoms with van der Waals surface area (Å²) in [6.45, 7) is 0. The predicted octanol–water partition coefficient (Wildman–Crippen LogP) is -0.152. The number of hydrazine groups is 1. The van der Waals surface area contributed by atoms with Gasteiger partial charge < -0.3 is 14.9 Å². The third-order valence-electron chi connectivity index (χ3n) is 3.05. The first-order valence-corrected chi connectivity index (χ1v) is 8.49. The van der Waals surface area contributed by atoms with E-state index in [1.807, 2.05) is 4.83 Å². The van der Waals surface area contributed by atoms with Crippen molar-refractivity contribution in [3.63, 3.8) is 0 Å². The van der Waals surface area contributed by atoms with E-state index in [1.165, 1.54) is 28.4 Å². The summed E-state index contributed by atoms with van der Waals surface area (Å²) in [5.74, 6) is -1.39. The first-order chi connectivity index (χ1) is 10.6. The molecule has 2 aromatic heterocycles. The minimum atomic E-state index is -4.04. The maximum Gasteiger partial charge on any atom is 0.282 e. The van der Waals surface area contributed by atoms with Crippen LogP contribution in [0.25, 0.3) is 0 Å². The molecule has 0 atom stereocenters. The van der Waals surface area contributed by atoms with E-state index in [0.29, 0.717) is 4.47 Å². The van der Waals surface area contributed by atoms with Crippen LogP contribution in [0.5, 0.6) is 0 Å². The molecule has 2 aromatic rings. The summed E-state index contributed by atoms with van der Waals surface area (Å²) in [6.07, 6.45) is 2.87. The van der Waals surface area contributed by atoms with E-state index in [4.69, 9.17) is 5.73 Å². The van der Waals surface area contributed by atoms with Gasteiger partial charge in [-0.1, -0.05) is 0 Å². The first kappa shape index (κ1) is 17.2. The van der Waals surface area contributed by atoms with Crippen molar-refractivity contribution in [2.45, 2.75) is 4.90 Å². The molecule has 23 heavy (non-hydrogen) atoms. The maximum atomic E-state index is 12.1. The molecule has 2 heterocycles. The summed E-state index contributed by atoms with van der Waals surface area (Å²) in [7, 11) is -0.907. The lowest BCUT2D eigenvalue weighted by Gasteiger charge is -2.07. The number of nitrogens with two attached hydrogens (primary N) is 1. The predicted molar refractivity (Wildman–Crippen MR) is 84.8 cm³/mol. The zero-order valence-corrected chi connectivity index (χ0v) is 14.6. The topological polar surface area (TPSA) is 128 Å². The number of carbonyl (C=O) groups excluding carboxylic acids is 2. The highest BCUT2D eigenvalue weighted by atomic mass is 79.9. The van der Waals surface area contributed by atoms with E-state index >= 15 is 0 Å². The summed E-state index contributed by atoms with van der Waals surface area (Å²) in [5.41, 5.74) is 7.53. The van der Waals surface area contributed by atoms with Gasteiger partial charge in [-0.25, -0.2) is 8.42 Å². The highest BCUT2D eigenvalue weighted by molar-refractivity contribution is 9.10. The summed E-state index contributed by atoms with van der Waals surface area (Å²) >= 11 is 3.22. The number of halogens is 1. The molecule has 0 saturated carbocycles. The Bertz CT molecular complexity index is 883. The van der Waals surface area contributed by atoms with Crippen molar-refractivity contribution in [2.24, 2.45) is 19.8 Å². The Morgan fingerprint density at radius 1 is 1.13 bits per heavy atom. The molecule has 0 aliphatic rings. The number of hydrogen-bond acceptors (Lipinski definition) is 4. The molecule has 0 fully saturated rings. The van der Waals surface area contributed by atoms with Gasteiger partial charge in [-0.3, -0.25) is 15.0 Å². The standard InChI is InChI=1S/C12H14BrN5O4S/c1-17-5-7(13)3-10(17)12(20)15-16-23(21,22)8-4-9(11(14)19)18(2)6-8/h3-6,16H,1-2H3,(H2,14,19)(H,15,20). The minimum Gasteiger partial charge on any atom is -0.364 e. The number of sulfonamides is 1. The van der Waals surface area contributed by atoms with Crippen LogP contribution in [-0.2, 0) is 24.1 Å². The molecular weight excluding hydrogens is 390 g/mol. The number of nitrogens with one attached hydrogen (secondary N) is 2. The van der Waals surface area contributed by atoms with Gasteiger partial charge >= 0.3 is 0 Å². The molecule has 0 aromatic carbocycles. The molecule has 0 aliphatic carbocycles. The van der Waals surface area contributed by atoms with Crippen LogP contribution in [0.15, 0.2) is 33.9 Å². The molecule has 2 rings (SSSR count). The fourth-order valence-electron chi connectivity index (χ4n) is 1.91. The van der Waals surface area contributed by atoms with Crippen molar-refractivity contribution in [3.05, 3.63) is 40.4 Å². The Kier molecular flexibility index (Phi) is 4.63. The van der Waals surface area contributed by atoms with Gasteiger partial charge in [0.2, 0.25) is 0 Å². The molecule has 0 aliphatic heterocycles. The van der Waals surface area contributed by atoms with Crippen LogP contribution in [0.3, 0.4) is 0 Å². The minimum absolute atomic E-state index is 0.0306. The molecule has 2 amide bonds. The SMILES string of the molecule is Cn1cc(S(=O)(=O)NNC(=O)c2cc(Br)cn2C)cc1C(N)=O. The van der Waals surface area contributed by atoms with Crippen molar-refractivity contribution < 1.29 is 18.0 Å². The number of rotatable bonds is 5. The lowest BCUT2D eigenvalue weighted by molar-refractivity contribution is 0.0935. The van der Waals surface area contributed by atoms with Crippen molar-refractivity contribution in [2.75, 3.05) is 0 Å². The Morgan fingerprint density at radius 2 is 1.74 bits per heavy atom. The summed E-state index contributed by atoms with van der Waals surface area (Å²) in [5, 5.41) is 0. The highest BCUT2D eigenvalue weighted by Gasteiger charge is 2.21. The fraction of sp³-hybridized carbons (Fsp3) is 0.167. The van der Waals surface area contributed by atoms with Crippen LogP contribution in [0, 0.1) is 0 Å². The number of hydrogen-bond donors (Lipinski definition) is 3. The van der Waals surface area contributed by atoms with Gasteiger partial charge in [-0.2, -0.15) is 0 Å². The number of amides is 2. The number of aromatic nitrogens is 2.